The number of hydrogen-bond donors (Lipinski definition) is 0. The number of carbonyl (C=O) groups is 1. The number of aryl methyl sites for hydroxylation is 1. The lowest BCUT2D eigenvalue weighted by atomic mass is 10.1. The topological polar surface area (TPSA) is 74.5 Å². The van der Waals surface area contributed by atoms with Crippen LogP contribution in [-0.4, -0.2) is 23.3 Å². The zero-order valence-electron chi connectivity index (χ0n) is 12.6. The van der Waals surface area contributed by atoms with Crippen LogP contribution in [0, 0.1) is 6.92 Å². The fourth-order valence-corrected chi connectivity index (χ4v) is 2.02. The van der Waals surface area contributed by atoms with E-state index < -0.39 is 5.97 Å². The molecule has 3 rings (SSSR count). The summed E-state index contributed by atoms with van der Waals surface area (Å²) < 4.78 is 15.8. The molecule has 0 unspecified atom stereocenters. The normalized spacial score (nSPS) is 10.3. The predicted octanol–water partition coefficient (Wildman–Crippen LogP) is 3.27. The summed E-state index contributed by atoms with van der Waals surface area (Å²) in [6, 6.07) is 13.7. The fourth-order valence-electron chi connectivity index (χ4n) is 2.02. The van der Waals surface area contributed by atoms with Crippen LogP contribution in [0.2, 0.25) is 0 Å². The monoisotopic (exact) mass is 310 g/mol. The highest BCUT2D eigenvalue weighted by atomic mass is 16.5. The molecule has 6 nitrogen and oxygen atoms in total. The number of methoxy groups -OCH3 is 1. The minimum Gasteiger partial charge on any atom is -0.497 e. The first kappa shape index (κ1) is 14.8. The van der Waals surface area contributed by atoms with Gasteiger partial charge in [0.2, 0.25) is 11.8 Å². The molecule has 1 aromatic heterocycles. The molecule has 0 aliphatic rings. The third-order valence-electron chi connectivity index (χ3n) is 3.12. The molecule has 2 aromatic carbocycles. The molecule has 0 fully saturated rings. The van der Waals surface area contributed by atoms with Crippen molar-refractivity contribution in [3.05, 3.63) is 60.0 Å². The van der Waals surface area contributed by atoms with E-state index in [4.69, 9.17) is 13.9 Å². The summed E-state index contributed by atoms with van der Waals surface area (Å²) in [5, 5.41) is 7.72. The average molecular weight is 310 g/mol. The molecule has 0 bridgehead atoms. The van der Waals surface area contributed by atoms with Gasteiger partial charge in [-0.3, -0.25) is 0 Å². The van der Waals surface area contributed by atoms with Crippen LogP contribution in [-0.2, 0) is 0 Å². The van der Waals surface area contributed by atoms with Crippen LogP contribution >= 0.6 is 0 Å². The van der Waals surface area contributed by atoms with Crippen LogP contribution in [0.4, 0.5) is 0 Å². The number of aromatic nitrogens is 2. The van der Waals surface area contributed by atoms with E-state index >= 15 is 0 Å². The fraction of sp³-hybridized carbons (Fsp3) is 0.118. The standard InChI is InChI=1S/C17H14N2O4/c1-11-18-19-16(22-11)12-5-3-6-13(9-12)17(20)23-15-8-4-7-14(10-15)21-2/h3-10H,1-2H3. The molecule has 0 atom stereocenters. The maximum Gasteiger partial charge on any atom is 0.343 e. The predicted molar refractivity (Wildman–Crippen MR) is 82.4 cm³/mol. The van der Waals surface area contributed by atoms with E-state index in [0.29, 0.717) is 34.4 Å². The Kier molecular flexibility index (Phi) is 4.05. The Morgan fingerprint density at radius 2 is 1.83 bits per heavy atom. The van der Waals surface area contributed by atoms with Crippen molar-refractivity contribution in [1.29, 1.82) is 0 Å². The van der Waals surface area contributed by atoms with Gasteiger partial charge >= 0.3 is 5.97 Å². The lowest BCUT2D eigenvalue weighted by molar-refractivity contribution is 0.0734. The lowest BCUT2D eigenvalue weighted by Crippen LogP contribution is -2.08. The van der Waals surface area contributed by atoms with Gasteiger partial charge in [-0.2, -0.15) is 0 Å². The molecular formula is C17H14N2O4. The van der Waals surface area contributed by atoms with E-state index in [2.05, 4.69) is 10.2 Å². The molecule has 23 heavy (non-hydrogen) atoms. The van der Waals surface area contributed by atoms with E-state index in [9.17, 15) is 4.79 Å². The first-order chi connectivity index (χ1) is 11.2. The highest BCUT2D eigenvalue weighted by Gasteiger charge is 2.12. The Hall–Kier alpha value is -3.15. The summed E-state index contributed by atoms with van der Waals surface area (Å²) in [6.45, 7) is 1.71. The summed E-state index contributed by atoms with van der Waals surface area (Å²) in [7, 11) is 1.55. The average Bonchev–Trinajstić information content (AvgIpc) is 3.01. The number of carbonyl (C=O) groups excluding carboxylic acids is 1. The van der Waals surface area contributed by atoms with E-state index in [1.54, 1.807) is 62.6 Å². The van der Waals surface area contributed by atoms with E-state index in [1.807, 2.05) is 0 Å². The van der Waals surface area contributed by atoms with Crippen molar-refractivity contribution in [2.24, 2.45) is 0 Å². The molecule has 0 saturated carbocycles. The van der Waals surface area contributed by atoms with Crippen LogP contribution in [0.1, 0.15) is 16.2 Å². The number of nitrogens with zero attached hydrogens (tertiary/aromatic N) is 2. The Balaban J connectivity index is 1.82. The molecule has 0 aliphatic heterocycles. The maximum atomic E-state index is 12.3. The van der Waals surface area contributed by atoms with Gasteiger partial charge in [0, 0.05) is 18.6 Å². The van der Waals surface area contributed by atoms with Gasteiger partial charge in [0.15, 0.2) is 0 Å². The smallest absolute Gasteiger partial charge is 0.343 e. The largest absolute Gasteiger partial charge is 0.497 e. The SMILES string of the molecule is COc1cccc(OC(=O)c2cccc(-c3nnc(C)o3)c2)c1. The molecular weight excluding hydrogens is 296 g/mol. The number of esters is 1. The second kappa shape index (κ2) is 6.31. The maximum absolute atomic E-state index is 12.3. The Morgan fingerprint density at radius 3 is 2.57 bits per heavy atom. The zero-order valence-corrected chi connectivity index (χ0v) is 12.6. The van der Waals surface area contributed by atoms with E-state index in [0.717, 1.165) is 0 Å². The Bertz CT molecular complexity index is 842. The van der Waals surface area contributed by atoms with Crippen LogP contribution < -0.4 is 9.47 Å². The molecule has 116 valence electrons. The number of ether oxygens (including phenoxy) is 2. The molecule has 0 spiro atoms. The molecule has 1 heterocycles. The zero-order chi connectivity index (χ0) is 16.2. The van der Waals surface area contributed by atoms with Gasteiger partial charge in [0.25, 0.3) is 0 Å². The quantitative estimate of drug-likeness (QED) is 0.544. The van der Waals surface area contributed by atoms with Gasteiger partial charge in [-0.05, 0) is 30.3 Å². The molecule has 0 amide bonds. The van der Waals surface area contributed by atoms with Crippen molar-refractivity contribution >= 4 is 5.97 Å². The lowest BCUT2D eigenvalue weighted by Gasteiger charge is -2.06. The van der Waals surface area contributed by atoms with Crippen molar-refractivity contribution in [1.82, 2.24) is 10.2 Å². The van der Waals surface area contributed by atoms with Gasteiger partial charge < -0.3 is 13.9 Å². The third-order valence-corrected chi connectivity index (χ3v) is 3.12. The van der Waals surface area contributed by atoms with Gasteiger partial charge in [-0.25, -0.2) is 4.79 Å². The van der Waals surface area contributed by atoms with Gasteiger partial charge in [0.1, 0.15) is 11.5 Å². The third kappa shape index (κ3) is 3.37. The van der Waals surface area contributed by atoms with Crippen molar-refractivity contribution in [2.45, 2.75) is 6.92 Å². The van der Waals surface area contributed by atoms with Crippen LogP contribution in [0.3, 0.4) is 0 Å². The van der Waals surface area contributed by atoms with Crippen LogP contribution in [0.25, 0.3) is 11.5 Å². The summed E-state index contributed by atoms with van der Waals surface area (Å²) in [6.07, 6.45) is 0. The molecule has 0 aliphatic carbocycles. The van der Waals surface area contributed by atoms with Crippen molar-refractivity contribution in [2.75, 3.05) is 7.11 Å². The highest BCUT2D eigenvalue weighted by molar-refractivity contribution is 5.92. The summed E-state index contributed by atoms with van der Waals surface area (Å²) >= 11 is 0. The molecule has 6 heteroatoms. The second-order valence-corrected chi connectivity index (χ2v) is 4.78. The molecule has 3 aromatic rings. The molecule has 0 N–H and O–H groups in total. The number of hydrogen-bond acceptors (Lipinski definition) is 6. The minimum atomic E-state index is -0.476. The van der Waals surface area contributed by atoms with Crippen molar-refractivity contribution in [3.63, 3.8) is 0 Å². The van der Waals surface area contributed by atoms with Crippen LogP contribution in [0.5, 0.6) is 11.5 Å². The summed E-state index contributed by atoms with van der Waals surface area (Å²) in [5.74, 6) is 1.37. The number of benzene rings is 2. The van der Waals surface area contributed by atoms with Crippen molar-refractivity contribution in [3.8, 4) is 23.0 Å². The summed E-state index contributed by atoms with van der Waals surface area (Å²) in [4.78, 5) is 12.3. The number of rotatable bonds is 4. The van der Waals surface area contributed by atoms with Gasteiger partial charge in [-0.1, -0.05) is 12.1 Å². The highest BCUT2D eigenvalue weighted by Crippen LogP contribution is 2.22. The summed E-state index contributed by atoms with van der Waals surface area (Å²) in [5.41, 5.74) is 1.05. The van der Waals surface area contributed by atoms with Crippen molar-refractivity contribution < 1.29 is 18.7 Å². The Morgan fingerprint density at radius 1 is 1.04 bits per heavy atom. The first-order valence-corrected chi connectivity index (χ1v) is 6.92. The van der Waals surface area contributed by atoms with Crippen LogP contribution in [0.15, 0.2) is 52.9 Å². The van der Waals surface area contributed by atoms with E-state index in [1.165, 1.54) is 0 Å². The second-order valence-electron chi connectivity index (χ2n) is 4.78. The van der Waals surface area contributed by atoms with Gasteiger partial charge in [0.05, 0.1) is 12.7 Å². The molecule has 0 radical (unpaired) electrons. The van der Waals surface area contributed by atoms with E-state index in [-0.39, 0.29) is 0 Å². The molecule has 0 saturated heterocycles. The minimum absolute atomic E-state index is 0.360. The first-order valence-electron chi connectivity index (χ1n) is 6.92. The Labute approximate surface area is 132 Å². The van der Waals surface area contributed by atoms with Gasteiger partial charge in [-0.15, -0.1) is 10.2 Å².